The van der Waals surface area contributed by atoms with E-state index in [9.17, 15) is 19.7 Å². The topological polar surface area (TPSA) is 119 Å². The molecule has 0 bridgehead atoms. The molecule has 170 valence electrons. The van der Waals surface area contributed by atoms with Gasteiger partial charge in [-0.25, -0.2) is 0 Å². The predicted octanol–water partition coefficient (Wildman–Crippen LogP) is 4.33. The lowest BCUT2D eigenvalue weighted by Crippen LogP contribution is -2.23. The minimum absolute atomic E-state index is 0.109. The van der Waals surface area contributed by atoms with Crippen molar-refractivity contribution >= 4 is 34.0 Å². The average molecular weight is 450 g/mol. The first-order valence-electron chi connectivity index (χ1n) is 10.5. The number of hydrogen-bond acceptors (Lipinski definition) is 6. The number of benzene rings is 3. The van der Waals surface area contributed by atoms with Gasteiger partial charge in [-0.3, -0.25) is 19.7 Å². The molecule has 1 N–H and O–H groups in total. The van der Waals surface area contributed by atoms with Gasteiger partial charge in [0.05, 0.1) is 36.7 Å². The number of nitro benzene ring substituents is 1. The molecule has 3 aromatic carbocycles. The Kier molecular flexibility index (Phi) is 5.87. The number of rotatable bonds is 8. The second-order valence-corrected chi connectivity index (χ2v) is 7.49. The van der Waals surface area contributed by atoms with Crippen molar-refractivity contribution in [2.75, 3.05) is 18.1 Å². The van der Waals surface area contributed by atoms with Gasteiger partial charge in [0.25, 0.3) is 11.6 Å². The van der Waals surface area contributed by atoms with Crippen molar-refractivity contribution in [2.45, 2.75) is 26.8 Å². The fraction of sp³-hybridized carbons (Fsp3) is 0.250. The van der Waals surface area contributed by atoms with Crippen molar-refractivity contribution in [3.8, 4) is 11.5 Å². The number of carboxylic acids is 1. The molecule has 0 aromatic heterocycles. The van der Waals surface area contributed by atoms with Gasteiger partial charge in [0.2, 0.25) is 0 Å². The summed E-state index contributed by atoms with van der Waals surface area (Å²) in [5.74, 6) is -0.450. The maximum absolute atomic E-state index is 13.5. The second kappa shape index (κ2) is 8.78. The number of ether oxygens (including phenoxy) is 2. The monoisotopic (exact) mass is 450 g/mol. The summed E-state index contributed by atoms with van der Waals surface area (Å²) >= 11 is 0. The predicted molar refractivity (Wildman–Crippen MR) is 121 cm³/mol. The van der Waals surface area contributed by atoms with E-state index >= 15 is 0 Å². The lowest BCUT2D eigenvalue weighted by Gasteiger charge is -2.16. The Morgan fingerprint density at radius 3 is 2.33 bits per heavy atom. The summed E-state index contributed by atoms with van der Waals surface area (Å²) in [5, 5.41) is 21.4. The SMILES string of the molecule is CCOc1c2c(c(OCC)c3cc([N+](=O)[O-])ccc13)C(=O)N(c1ccc(CC(=O)O)cc1)C2. The summed E-state index contributed by atoms with van der Waals surface area (Å²) in [6.07, 6.45) is -0.110. The Morgan fingerprint density at radius 1 is 1.06 bits per heavy atom. The number of nitrogens with zero attached hydrogens (tertiary/aromatic N) is 2. The molecule has 0 unspecified atom stereocenters. The molecule has 0 radical (unpaired) electrons. The van der Waals surface area contributed by atoms with E-state index in [1.807, 2.05) is 6.92 Å². The molecule has 1 heterocycles. The smallest absolute Gasteiger partial charge is 0.307 e. The van der Waals surface area contributed by atoms with Crippen molar-refractivity contribution in [3.63, 3.8) is 0 Å². The van der Waals surface area contributed by atoms with E-state index in [0.717, 1.165) is 0 Å². The molecule has 0 spiro atoms. The normalized spacial score (nSPS) is 12.7. The van der Waals surface area contributed by atoms with Crippen LogP contribution in [0.1, 0.15) is 35.3 Å². The number of aliphatic carboxylic acids is 1. The lowest BCUT2D eigenvalue weighted by atomic mass is 9.98. The van der Waals surface area contributed by atoms with Crippen molar-refractivity contribution in [3.05, 3.63) is 69.3 Å². The van der Waals surface area contributed by atoms with Crippen LogP contribution in [0.25, 0.3) is 10.8 Å². The number of nitro groups is 1. The maximum Gasteiger partial charge on any atom is 0.307 e. The summed E-state index contributed by atoms with van der Waals surface area (Å²) in [6.45, 7) is 4.47. The number of non-ortho nitro benzene ring substituents is 1. The Labute approximate surface area is 189 Å². The zero-order valence-electron chi connectivity index (χ0n) is 18.2. The van der Waals surface area contributed by atoms with Crippen LogP contribution in [0.5, 0.6) is 11.5 Å². The van der Waals surface area contributed by atoms with E-state index in [2.05, 4.69) is 0 Å². The Hall–Kier alpha value is -4.14. The molecule has 9 nitrogen and oxygen atoms in total. The molecule has 0 aliphatic carbocycles. The molecule has 0 saturated carbocycles. The van der Waals surface area contributed by atoms with Gasteiger partial charge in [-0.05, 0) is 37.6 Å². The van der Waals surface area contributed by atoms with Gasteiger partial charge in [0.15, 0.2) is 0 Å². The van der Waals surface area contributed by atoms with Crippen LogP contribution >= 0.6 is 0 Å². The third kappa shape index (κ3) is 3.93. The van der Waals surface area contributed by atoms with Gasteiger partial charge in [-0.1, -0.05) is 12.1 Å². The van der Waals surface area contributed by atoms with Crippen molar-refractivity contribution < 1.29 is 29.1 Å². The number of carbonyl (C=O) groups is 2. The van der Waals surface area contributed by atoms with E-state index in [1.54, 1.807) is 42.2 Å². The van der Waals surface area contributed by atoms with Gasteiger partial charge >= 0.3 is 5.97 Å². The first kappa shape index (κ1) is 22.1. The van der Waals surface area contributed by atoms with Gasteiger partial charge in [-0.2, -0.15) is 0 Å². The molecule has 0 saturated heterocycles. The Balaban J connectivity index is 1.88. The molecular weight excluding hydrogens is 428 g/mol. The maximum atomic E-state index is 13.5. The Bertz CT molecular complexity index is 1270. The average Bonchev–Trinajstić information content (AvgIpc) is 3.13. The number of carbonyl (C=O) groups excluding carboxylic acids is 1. The lowest BCUT2D eigenvalue weighted by molar-refractivity contribution is -0.384. The van der Waals surface area contributed by atoms with Crippen LogP contribution in [0.4, 0.5) is 11.4 Å². The number of fused-ring (bicyclic) bond motifs is 2. The van der Waals surface area contributed by atoms with Crippen LogP contribution in [-0.2, 0) is 17.8 Å². The van der Waals surface area contributed by atoms with E-state index < -0.39 is 10.9 Å². The number of anilines is 1. The standard InChI is InChI=1S/C24H22N2O7/c1-3-32-22-17-10-9-16(26(30)31)12-18(17)23(33-4-2)21-19(22)13-25(24(21)29)15-7-5-14(6-8-15)11-20(27)28/h5-10,12H,3-4,11,13H2,1-2H3,(H,27,28). The van der Waals surface area contributed by atoms with Crippen LogP contribution in [0.15, 0.2) is 42.5 Å². The quantitative estimate of drug-likeness (QED) is 0.401. The van der Waals surface area contributed by atoms with E-state index in [1.165, 1.54) is 12.1 Å². The van der Waals surface area contributed by atoms with Gasteiger partial charge in [0.1, 0.15) is 11.5 Å². The number of carboxylic acid groups (broad SMARTS) is 1. The van der Waals surface area contributed by atoms with Crippen LogP contribution < -0.4 is 14.4 Å². The third-order valence-corrected chi connectivity index (χ3v) is 5.46. The fourth-order valence-corrected chi connectivity index (χ4v) is 4.10. The van der Waals surface area contributed by atoms with Crippen LogP contribution in [-0.4, -0.2) is 35.1 Å². The largest absolute Gasteiger partial charge is 0.493 e. The van der Waals surface area contributed by atoms with Gasteiger partial charge in [0, 0.05) is 34.2 Å². The van der Waals surface area contributed by atoms with Crippen molar-refractivity contribution in [1.82, 2.24) is 0 Å². The zero-order valence-corrected chi connectivity index (χ0v) is 18.2. The molecule has 0 fully saturated rings. The molecule has 1 amide bonds. The highest BCUT2D eigenvalue weighted by Crippen LogP contribution is 2.47. The highest BCUT2D eigenvalue weighted by atomic mass is 16.6. The molecule has 3 aromatic rings. The van der Waals surface area contributed by atoms with Gasteiger partial charge in [-0.15, -0.1) is 0 Å². The van der Waals surface area contributed by atoms with Crippen molar-refractivity contribution in [1.29, 1.82) is 0 Å². The third-order valence-electron chi connectivity index (χ3n) is 5.46. The first-order chi connectivity index (χ1) is 15.8. The second-order valence-electron chi connectivity index (χ2n) is 7.49. The molecule has 1 aliphatic heterocycles. The van der Waals surface area contributed by atoms with Crippen LogP contribution in [0, 0.1) is 10.1 Å². The molecule has 1 aliphatic rings. The molecule has 9 heteroatoms. The van der Waals surface area contributed by atoms with E-state index in [0.29, 0.717) is 51.3 Å². The highest BCUT2D eigenvalue weighted by molar-refractivity contribution is 6.17. The molecule has 0 atom stereocenters. The summed E-state index contributed by atoms with van der Waals surface area (Å²) < 4.78 is 11.8. The fourth-order valence-electron chi connectivity index (χ4n) is 4.10. The van der Waals surface area contributed by atoms with E-state index in [-0.39, 0.29) is 31.2 Å². The number of amides is 1. The highest BCUT2D eigenvalue weighted by Gasteiger charge is 2.37. The Morgan fingerprint density at radius 2 is 1.73 bits per heavy atom. The van der Waals surface area contributed by atoms with Crippen LogP contribution in [0.3, 0.4) is 0 Å². The summed E-state index contributed by atoms with van der Waals surface area (Å²) in [7, 11) is 0. The van der Waals surface area contributed by atoms with Crippen molar-refractivity contribution in [2.24, 2.45) is 0 Å². The minimum atomic E-state index is -0.934. The zero-order chi connectivity index (χ0) is 23.7. The van der Waals surface area contributed by atoms with Crippen LogP contribution in [0.2, 0.25) is 0 Å². The van der Waals surface area contributed by atoms with Gasteiger partial charge < -0.3 is 19.5 Å². The summed E-state index contributed by atoms with van der Waals surface area (Å²) in [5.41, 5.74) is 2.09. The number of hydrogen-bond donors (Lipinski definition) is 1. The first-order valence-corrected chi connectivity index (χ1v) is 10.5. The summed E-state index contributed by atoms with van der Waals surface area (Å²) in [6, 6.07) is 11.2. The minimum Gasteiger partial charge on any atom is -0.493 e. The molecule has 33 heavy (non-hydrogen) atoms. The molecule has 4 rings (SSSR count). The summed E-state index contributed by atoms with van der Waals surface area (Å²) in [4.78, 5) is 36.9. The molecular formula is C24H22N2O7. The van der Waals surface area contributed by atoms with E-state index in [4.69, 9.17) is 14.6 Å².